The van der Waals surface area contributed by atoms with Crippen LogP contribution in [0.15, 0.2) is 0 Å². The number of ether oxygens (including phenoxy) is 4. The summed E-state index contributed by atoms with van der Waals surface area (Å²) in [5, 5.41) is -0.278. The SMILES string of the molecule is CCOCCOCCOCCOCC(=O)S. The maximum atomic E-state index is 10.4. The van der Waals surface area contributed by atoms with Gasteiger partial charge in [0.2, 0.25) is 5.12 Å². The van der Waals surface area contributed by atoms with Crippen LogP contribution >= 0.6 is 12.6 Å². The van der Waals surface area contributed by atoms with Gasteiger partial charge in [0.15, 0.2) is 0 Å². The molecule has 16 heavy (non-hydrogen) atoms. The van der Waals surface area contributed by atoms with Crippen molar-refractivity contribution < 1.29 is 23.7 Å². The highest BCUT2D eigenvalue weighted by molar-refractivity contribution is 7.96. The van der Waals surface area contributed by atoms with E-state index < -0.39 is 0 Å². The van der Waals surface area contributed by atoms with Crippen LogP contribution in [0.5, 0.6) is 0 Å². The quantitative estimate of drug-likeness (QED) is 0.405. The molecule has 0 aliphatic heterocycles. The molecular formula is C10H20O5S. The summed E-state index contributed by atoms with van der Waals surface area (Å²) in [4.78, 5) is 10.4. The smallest absolute Gasteiger partial charge is 0.211 e. The van der Waals surface area contributed by atoms with Crippen LogP contribution in [-0.4, -0.2) is 58.0 Å². The van der Waals surface area contributed by atoms with Crippen molar-refractivity contribution in [1.82, 2.24) is 0 Å². The minimum absolute atomic E-state index is 0.0251. The molecule has 0 aromatic carbocycles. The number of hydrogen-bond donors (Lipinski definition) is 1. The third-order valence-corrected chi connectivity index (χ3v) is 1.67. The van der Waals surface area contributed by atoms with Crippen LogP contribution in [0.4, 0.5) is 0 Å². The van der Waals surface area contributed by atoms with Gasteiger partial charge in [0, 0.05) is 6.61 Å². The van der Waals surface area contributed by atoms with Crippen LogP contribution in [0, 0.1) is 0 Å². The van der Waals surface area contributed by atoms with Crippen LogP contribution in [0.3, 0.4) is 0 Å². The second-order valence-electron chi connectivity index (χ2n) is 2.87. The zero-order chi connectivity index (χ0) is 12.1. The van der Waals surface area contributed by atoms with Crippen LogP contribution in [0.25, 0.3) is 0 Å². The first kappa shape index (κ1) is 15.9. The summed E-state index contributed by atoms with van der Waals surface area (Å²) in [5.41, 5.74) is 0. The average Bonchev–Trinajstić information content (AvgIpc) is 2.25. The Kier molecular flexibility index (Phi) is 12.8. The molecule has 0 rings (SSSR count). The van der Waals surface area contributed by atoms with Crippen molar-refractivity contribution in [3.8, 4) is 0 Å². The van der Waals surface area contributed by atoms with Gasteiger partial charge in [-0.2, -0.15) is 0 Å². The highest BCUT2D eigenvalue weighted by atomic mass is 32.1. The number of rotatable bonds is 12. The van der Waals surface area contributed by atoms with E-state index >= 15 is 0 Å². The number of carbonyl (C=O) groups excluding carboxylic acids is 1. The van der Waals surface area contributed by atoms with Crippen LogP contribution < -0.4 is 0 Å². The van der Waals surface area contributed by atoms with E-state index in [1.807, 2.05) is 6.92 Å². The van der Waals surface area contributed by atoms with Gasteiger partial charge in [-0.25, -0.2) is 0 Å². The topological polar surface area (TPSA) is 54.0 Å². The molecule has 96 valence electrons. The summed E-state index contributed by atoms with van der Waals surface area (Å²) >= 11 is 3.56. The van der Waals surface area contributed by atoms with Crippen LogP contribution in [0.2, 0.25) is 0 Å². The van der Waals surface area contributed by atoms with Crippen molar-refractivity contribution in [2.45, 2.75) is 6.92 Å². The molecule has 0 bridgehead atoms. The fourth-order valence-electron chi connectivity index (χ4n) is 0.861. The number of carbonyl (C=O) groups is 1. The van der Waals surface area contributed by atoms with E-state index in [0.717, 1.165) is 0 Å². The maximum Gasteiger partial charge on any atom is 0.211 e. The zero-order valence-corrected chi connectivity index (χ0v) is 10.5. The molecule has 0 radical (unpaired) electrons. The fourth-order valence-corrected chi connectivity index (χ4v) is 0.953. The molecule has 0 amide bonds. The summed E-state index contributed by atoms with van der Waals surface area (Å²) < 4.78 is 20.5. The molecule has 6 heteroatoms. The van der Waals surface area contributed by atoms with Crippen molar-refractivity contribution in [2.24, 2.45) is 0 Å². The van der Waals surface area contributed by atoms with Crippen LogP contribution in [-0.2, 0) is 23.7 Å². The zero-order valence-electron chi connectivity index (χ0n) is 9.65. The lowest BCUT2D eigenvalue weighted by atomic mass is 10.7. The molecule has 0 aliphatic carbocycles. The lowest BCUT2D eigenvalue weighted by Gasteiger charge is -2.06. The minimum Gasteiger partial charge on any atom is -0.379 e. The summed E-state index contributed by atoms with van der Waals surface area (Å²) in [5.74, 6) is 0. The van der Waals surface area contributed by atoms with Crippen molar-refractivity contribution in [3.05, 3.63) is 0 Å². The lowest BCUT2D eigenvalue weighted by molar-refractivity contribution is -0.115. The van der Waals surface area contributed by atoms with Crippen LogP contribution in [0.1, 0.15) is 6.92 Å². The Hall–Kier alpha value is -0.140. The molecule has 0 fully saturated rings. The molecule has 0 spiro atoms. The third kappa shape index (κ3) is 13.9. The summed E-state index contributed by atoms with van der Waals surface area (Å²) in [6, 6.07) is 0. The number of thiol groups is 1. The normalized spacial score (nSPS) is 10.6. The Morgan fingerprint density at radius 1 is 0.875 bits per heavy atom. The second-order valence-corrected chi connectivity index (χ2v) is 3.37. The first-order valence-electron chi connectivity index (χ1n) is 5.30. The Labute approximate surface area is 102 Å². The predicted octanol–water partition coefficient (Wildman–Crippen LogP) is 0.529. The Balaban J connectivity index is 2.90. The molecule has 0 aromatic rings. The van der Waals surface area contributed by atoms with Gasteiger partial charge < -0.3 is 18.9 Å². The molecule has 0 aromatic heterocycles. The lowest BCUT2D eigenvalue weighted by Crippen LogP contribution is -2.13. The van der Waals surface area contributed by atoms with Gasteiger partial charge in [-0.1, -0.05) is 0 Å². The molecular weight excluding hydrogens is 232 g/mol. The fraction of sp³-hybridized carbons (Fsp3) is 0.900. The van der Waals surface area contributed by atoms with E-state index in [0.29, 0.717) is 46.2 Å². The summed E-state index contributed by atoms with van der Waals surface area (Å²) in [7, 11) is 0. The van der Waals surface area contributed by atoms with E-state index in [4.69, 9.17) is 18.9 Å². The van der Waals surface area contributed by atoms with Crippen molar-refractivity contribution in [3.63, 3.8) is 0 Å². The van der Waals surface area contributed by atoms with Crippen molar-refractivity contribution >= 4 is 17.7 Å². The first-order valence-corrected chi connectivity index (χ1v) is 5.75. The van der Waals surface area contributed by atoms with Gasteiger partial charge in [-0.3, -0.25) is 4.79 Å². The standard InChI is InChI=1S/C10H20O5S/c1-2-12-3-4-13-5-6-14-7-8-15-9-10(11)16/h2-9H2,1H3,(H,11,16). The summed E-state index contributed by atoms with van der Waals surface area (Å²) in [6.45, 7) is 5.78. The molecule has 0 saturated carbocycles. The van der Waals surface area contributed by atoms with Gasteiger partial charge in [0.25, 0.3) is 0 Å². The highest BCUT2D eigenvalue weighted by Crippen LogP contribution is 1.84. The van der Waals surface area contributed by atoms with E-state index in [1.165, 1.54) is 0 Å². The molecule has 0 atom stereocenters. The molecule has 0 N–H and O–H groups in total. The van der Waals surface area contributed by atoms with Gasteiger partial charge in [0.1, 0.15) is 6.61 Å². The number of hydrogen-bond acceptors (Lipinski definition) is 5. The minimum atomic E-state index is -0.278. The predicted molar refractivity (Wildman–Crippen MR) is 62.9 cm³/mol. The second kappa shape index (κ2) is 12.9. The van der Waals surface area contributed by atoms with Crippen molar-refractivity contribution in [1.29, 1.82) is 0 Å². The Morgan fingerprint density at radius 3 is 1.75 bits per heavy atom. The first-order chi connectivity index (χ1) is 7.77. The van der Waals surface area contributed by atoms with Gasteiger partial charge in [0.05, 0.1) is 39.6 Å². The summed E-state index contributed by atoms with van der Waals surface area (Å²) in [6.07, 6.45) is 0. The monoisotopic (exact) mass is 252 g/mol. The van der Waals surface area contributed by atoms with Gasteiger partial charge in [-0.05, 0) is 6.92 Å². The van der Waals surface area contributed by atoms with Gasteiger partial charge >= 0.3 is 0 Å². The highest BCUT2D eigenvalue weighted by Gasteiger charge is 1.94. The van der Waals surface area contributed by atoms with E-state index in [-0.39, 0.29) is 11.7 Å². The van der Waals surface area contributed by atoms with Gasteiger partial charge in [-0.15, -0.1) is 12.6 Å². The van der Waals surface area contributed by atoms with Crippen molar-refractivity contribution in [2.75, 3.05) is 52.9 Å². The third-order valence-electron chi connectivity index (χ3n) is 1.55. The van der Waals surface area contributed by atoms with E-state index in [1.54, 1.807) is 0 Å². The van der Waals surface area contributed by atoms with E-state index in [2.05, 4.69) is 12.6 Å². The van der Waals surface area contributed by atoms with E-state index in [9.17, 15) is 4.79 Å². The molecule has 0 aliphatic rings. The largest absolute Gasteiger partial charge is 0.379 e. The molecule has 0 unspecified atom stereocenters. The molecule has 0 heterocycles. The Morgan fingerprint density at radius 2 is 1.31 bits per heavy atom. The average molecular weight is 252 g/mol. The maximum absolute atomic E-state index is 10.4. The molecule has 5 nitrogen and oxygen atoms in total. The molecule has 0 saturated heterocycles. The Bertz CT molecular complexity index is 165.